The standard InChI is InChI=1S/C15H17F2NO2/c1-10(7-14(19)15-3-2-6-20-15)18-9-11-8-12(16)4-5-13(11)17/h2-6,8,10,14,18-19H,7,9H2,1H3. The molecule has 1 aromatic carbocycles. The highest BCUT2D eigenvalue weighted by Gasteiger charge is 2.15. The average molecular weight is 281 g/mol. The largest absolute Gasteiger partial charge is 0.467 e. The van der Waals surface area contributed by atoms with Crippen LogP contribution in [0.15, 0.2) is 41.0 Å². The van der Waals surface area contributed by atoms with Gasteiger partial charge in [0.05, 0.1) is 6.26 Å². The van der Waals surface area contributed by atoms with Gasteiger partial charge in [0.2, 0.25) is 0 Å². The highest BCUT2D eigenvalue weighted by atomic mass is 19.1. The smallest absolute Gasteiger partial charge is 0.132 e. The number of nitrogens with one attached hydrogen (secondary N) is 1. The van der Waals surface area contributed by atoms with Crippen molar-refractivity contribution in [1.29, 1.82) is 0 Å². The van der Waals surface area contributed by atoms with Crippen LogP contribution in [0.5, 0.6) is 0 Å². The van der Waals surface area contributed by atoms with Crippen molar-refractivity contribution in [2.45, 2.75) is 32.0 Å². The van der Waals surface area contributed by atoms with Crippen LogP contribution >= 0.6 is 0 Å². The number of rotatable bonds is 6. The van der Waals surface area contributed by atoms with Gasteiger partial charge in [-0.25, -0.2) is 8.78 Å². The zero-order chi connectivity index (χ0) is 14.5. The molecule has 0 aliphatic heterocycles. The predicted molar refractivity (Wildman–Crippen MR) is 70.9 cm³/mol. The third-order valence-electron chi connectivity index (χ3n) is 3.10. The van der Waals surface area contributed by atoms with E-state index in [9.17, 15) is 13.9 Å². The van der Waals surface area contributed by atoms with E-state index in [0.717, 1.165) is 18.2 Å². The highest BCUT2D eigenvalue weighted by molar-refractivity contribution is 5.18. The maximum Gasteiger partial charge on any atom is 0.132 e. The van der Waals surface area contributed by atoms with E-state index in [0.29, 0.717) is 12.2 Å². The fourth-order valence-electron chi connectivity index (χ4n) is 1.98. The molecule has 0 bridgehead atoms. The zero-order valence-corrected chi connectivity index (χ0v) is 11.1. The van der Waals surface area contributed by atoms with Crippen molar-refractivity contribution in [3.63, 3.8) is 0 Å². The van der Waals surface area contributed by atoms with Gasteiger partial charge in [-0.2, -0.15) is 0 Å². The molecule has 2 aromatic rings. The number of benzene rings is 1. The normalized spacial score (nSPS) is 14.2. The monoisotopic (exact) mass is 281 g/mol. The molecule has 0 saturated carbocycles. The van der Waals surface area contributed by atoms with Crippen LogP contribution in [0.2, 0.25) is 0 Å². The lowest BCUT2D eigenvalue weighted by Gasteiger charge is -2.17. The van der Waals surface area contributed by atoms with Gasteiger partial charge in [-0.3, -0.25) is 0 Å². The lowest BCUT2D eigenvalue weighted by Crippen LogP contribution is -2.27. The van der Waals surface area contributed by atoms with Crippen molar-refractivity contribution < 1.29 is 18.3 Å². The quantitative estimate of drug-likeness (QED) is 0.855. The Morgan fingerprint density at radius 1 is 1.30 bits per heavy atom. The maximum absolute atomic E-state index is 13.4. The molecule has 5 heteroatoms. The molecule has 0 fully saturated rings. The minimum atomic E-state index is -0.718. The molecule has 0 amide bonds. The van der Waals surface area contributed by atoms with Crippen molar-refractivity contribution in [2.75, 3.05) is 0 Å². The van der Waals surface area contributed by atoms with Crippen molar-refractivity contribution in [3.8, 4) is 0 Å². The van der Waals surface area contributed by atoms with Gasteiger partial charge in [0.25, 0.3) is 0 Å². The number of aliphatic hydroxyl groups excluding tert-OH is 1. The third-order valence-corrected chi connectivity index (χ3v) is 3.10. The van der Waals surface area contributed by atoms with Crippen LogP contribution in [-0.2, 0) is 6.54 Å². The molecule has 2 N–H and O–H groups in total. The Hall–Kier alpha value is -1.72. The summed E-state index contributed by atoms with van der Waals surface area (Å²) in [5, 5.41) is 13.0. The first-order valence-electron chi connectivity index (χ1n) is 6.45. The Kier molecular flexibility index (Phi) is 4.87. The lowest BCUT2D eigenvalue weighted by molar-refractivity contribution is 0.128. The molecular formula is C15H17F2NO2. The Morgan fingerprint density at radius 2 is 2.10 bits per heavy atom. The maximum atomic E-state index is 13.4. The first kappa shape index (κ1) is 14.7. The van der Waals surface area contributed by atoms with Gasteiger partial charge in [-0.05, 0) is 43.7 Å². The van der Waals surface area contributed by atoms with E-state index in [1.807, 2.05) is 6.92 Å². The highest BCUT2D eigenvalue weighted by Crippen LogP contribution is 2.19. The van der Waals surface area contributed by atoms with E-state index >= 15 is 0 Å². The molecule has 2 rings (SSSR count). The summed E-state index contributed by atoms with van der Waals surface area (Å²) >= 11 is 0. The number of aliphatic hydroxyl groups is 1. The zero-order valence-electron chi connectivity index (χ0n) is 11.1. The second-order valence-corrected chi connectivity index (χ2v) is 4.78. The van der Waals surface area contributed by atoms with Gasteiger partial charge in [0, 0.05) is 18.2 Å². The molecule has 0 saturated heterocycles. The first-order valence-corrected chi connectivity index (χ1v) is 6.45. The Balaban J connectivity index is 1.86. The van der Waals surface area contributed by atoms with Crippen LogP contribution in [0.3, 0.4) is 0 Å². The molecule has 1 aromatic heterocycles. The molecule has 0 aliphatic rings. The summed E-state index contributed by atoms with van der Waals surface area (Å²) in [7, 11) is 0. The molecule has 108 valence electrons. The number of hydrogen-bond acceptors (Lipinski definition) is 3. The molecule has 0 aliphatic carbocycles. The number of halogens is 2. The van der Waals surface area contributed by atoms with Crippen LogP contribution in [0.25, 0.3) is 0 Å². The summed E-state index contributed by atoms with van der Waals surface area (Å²) in [4.78, 5) is 0. The summed E-state index contributed by atoms with van der Waals surface area (Å²) in [6, 6.07) is 6.69. The SMILES string of the molecule is CC(CC(O)c1ccco1)NCc1cc(F)ccc1F. The van der Waals surface area contributed by atoms with E-state index in [4.69, 9.17) is 4.42 Å². The van der Waals surface area contributed by atoms with E-state index < -0.39 is 17.7 Å². The molecule has 20 heavy (non-hydrogen) atoms. The van der Waals surface area contributed by atoms with Gasteiger partial charge >= 0.3 is 0 Å². The molecular weight excluding hydrogens is 264 g/mol. The van der Waals surface area contributed by atoms with Crippen molar-refractivity contribution in [2.24, 2.45) is 0 Å². The van der Waals surface area contributed by atoms with Crippen LogP contribution in [0.4, 0.5) is 8.78 Å². The fourth-order valence-corrected chi connectivity index (χ4v) is 1.98. The summed E-state index contributed by atoms with van der Waals surface area (Å²) in [6.07, 6.45) is 1.20. The Labute approximate surface area is 116 Å². The molecule has 2 unspecified atom stereocenters. The molecule has 0 spiro atoms. The van der Waals surface area contributed by atoms with Gasteiger partial charge in [-0.15, -0.1) is 0 Å². The van der Waals surface area contributed by atoms with Crippen LogP contribution < -0.4 is 5.32 Å². The average Bonchev–Trinajstić information content (AvgIpc) is 2.94. The molecule has 3 nitrogen and oxygen atoms in total. The van der Waals surface area contributed by atoms with Crippen LogP contribution in [0.1, 0.15) is 30.8 Å². The van der Waals surface area contributed by atoms with Crippen LogP contribution in [-0.4, -0.2) is 11.1 Å². The minimum absolute atomic E-state index is 0.0715. The van der Waals surface area contributed by atoms with E-state index in [1.165, 1.54) is 6.26 Å². The van der Waals surface area contributed by atoms with Gasteiger partial charge in [-0.1, -0.05) is 0 Å². The van der Waals surface area contributed by atoms with Crippen molar-refractivity contribution in [3.05, 3.63) is 59.6 Å². The summed E-state index contributed by atoms with van der Waals surface area (Å²) < 4.78 is 31.6. The van der Waals surface area contributed by atoms with E-state index in [-0.39, 0.29) is 18.2 Å². The Morgan fingerprint density at radius 3 is 2.80 bits per heavy atom. The third kappa shape index (κ3) is 3.88. The molecule has 2 atom stereocenters. The van der Waals surface area contributed by atoms with E-state index in [2.05, 4.69) is 5.32 Å². The predicted octanol–water partition coefficient (Wildman–Crippen LogP) is 3.16. The first-order chi connectivity index (χ1) is 9.56. The lowest BCUT2D eigenvalue weighted by atomic mass is 10.1. The van der Waals surface area contributed by atoms with Crippen molar-refractivity contribution in [1.82, 2.24) is 5.32 Å². The van der Waals surface area contributed by atoms with Crippen molar-refractivity contribution >= 4 is 0 Å². The summed E-state index contributed by atoms with van der Waals surface area (Å²) in [5.41, 5.74) is 0.268. The van der Waals surface area contributed by atoms with Crippen LogP contribution in [0, 0.1) is 11.6 Å². The van der Waals surface area contributed by atoms with Gasteiger partial charge < -0.3 is 14.8 Å². The second kappa shape index (κ2) is 6.63. The Bertz CT molecular complexity index is 543. The van der Waals surface area contributed by atoms with E-state index in [1.54, 1.807) is 12.1 Å². The molecule has 0 radical (unpaired) electrons. The number of hydrogen-bond donors (Lipinski definition) is 2. The topological polar surface area (TPSA) is 45.4 Å². The van der Waals surface area contributed by atoms with Gasteiger partial charge in [0.15, 0.2) is 0 Å². The molecule has 1 heterocycles. The number of furan rings is 1. The summed E-state index contributed by atoms with van der Waals surface area (Å²) in [5.74, 6) is -0.417. The minimum Gasteiger partial charge on any atom is -0.467 e. The summed E-state index contributed by atoms with van der Waals surface area (Å²) in [6.45, 7) is 2.07. The van der Waals surface area contributed by atoms with Gasteiger partial charge in [0.1, 0.15) is 23.5 Å². The second-order valence-electron chi connectivity index (χ2n) is 4.78. The fraction of sp³-hybridized carbons (Fsp3) is 0.333.